The van der Waals surface area contributed by atoms with Crippen LogP contribution in [0, 0.1) is 0 Å². The highest BCUT2D eigenvalue weighted by Gasteiger charge is 2.23. The van der Waals surface area contributed by atoms with E-state index in [1.54, 1.807) is 6.07 Å². The summed E-state index contributed by atoms with van der Waals surface area (Å²) in [4.78, 5) is 0. The van der Waals surface area contributed by atoms with Gasteiger partial charge in [-0.05, 0) is 31.9 Å². The average molecular weight is 193 g/mol. The largest absolute Gasteiger partial charge is 0.508 e. The maximum Gasteiger partial charge on any atom is 0.124 e. The van der Waals surface area contributed by atoms with Crippen LogP contribution in [0.15, 0.2) is 12.1 Å². The second-order valence-corrected chi connectivity index (χ2v) is 4.03. The monoisotopic (exact) mass is 193 g/mol. The molecule has 3 nitrogen and oxygen atoms in total. The predicted molar refractivity (Wildman–Crippen MR) is 54.5 cm³/mol. The van der Waals surface area contributed by atoms with Gasteiger partial charge in [0.25, 0.3) is 0 Å². The quantitative estimate of drug-likeness (QED) is 0.587. The van der Waals surface area contributed by atoms with Crippen molar-refractivity contribution < 1.29 is 10.2 Å². The molecule has 2 rings (SSSR count). The molecule has 1 aromatic rings. The van der Waals surface area contributed by atoms with Gasteiger partial charge in [-0.15, -0.1) is 0 Å². The maximum atomic E-state index is 9.69. The lowest BCUT2D eigenvalue weighted by Crippen LogP contribution is -2.35. The molecule has 0 saturated heterocycles. The van der Waals surface area contributed by atoms with Crippen molar-refractivity contribution >= 4 is 0 Å². The Hall–Kier alpha value is -1.22. The van der Waals surface area contributed by atoms with Gasteiger partial charge >= 0.3 is 0 Å². The third-order valence-electron chi connectivity index (χ3n) is 2.72. The van der Waals surface area contributed by atoms with Gasteiger partial charge < -0.3 is 15.5 Å². The van der Waals surface area contributed by atoms with E-state index in [4.69, 9.17) is 0 Å². The number of aromatic hydroxyl groups is 2. The van der Waals surface area contributed by atoms with Gasteiger partial charge in [0.1, 0.15) is 11.5 Å². The summed E-state index contributed by atoms with van der Waals surface area (Å²) in [7, 11) is 0. The second kappa shape index (κ2) is 3.17. The first-order valence-electron chi connectivity index (χ1n) is 4.88. The number of hydrogen-bond donors (Lipinski definition) is 3. The highest BCUT2D eigenvalue weighted by molar-refractivity contribution is 5.48. The molecule has 0 radical (unpaired) electrons. The van der Waals surface area contributed by atoms with Crippen molar-refractivity contribution in [3.63, 3.8) is 0 Å². The summed E-state index contributed by atoms with van der Waals surface area (Å²) in [6, 6.07) is 3.67. The molecule has 0 fully saturated rings. The summed E-state index contributed by atoms with van der Waals surface area (Å²) in [5, 5.41) is 22.4. The lowest BCUT2D eigenvalue weighted by Gasteiger charge is -2.29. The predicted octanol–water partition coefficient (Wildman–Crippen LogP) is 1.69. The molecule has 2 atom stereocenters. The number of benzene rings is 1. The SMILES string of the molecule is CC1Cc2cc(O)cc(O)c2C(C)N1. The lowest BCUT2D eigenvalue weighted by molar-refractivity contribution is 0.401. The molecule has 3 heteroatoms. The molecule has 1 heterocycles. The Morgan fingerprint density at radius 1 is 1.29 bits per heavy atom. The molecule has 1 aliphatic heterocycles. The minimum absolute atomic E-state index is 0.141. The summed E-state index contributed by atoms with van der Waals surface area (Å²) in [6.45, 7) is 4.12. The number of phenols is 2. The van der Waals surface area contributed by atoms with E-state index in [9.17, 15) is 10.2 Å². The Morgan fingerprint density at radius 2 is 2.00 bits per heavy atom. The molecule has 2 unspecified atom stereocenters. The summed E-state index contributed by atoms with van der Waals surface area (Å²) in [6.07, 6.45) is 0.849. The molecular formula is C11H15NO2. The first-order valence-corrected chi connectivity index (χ1v) is 4.88. The van der Waals surface area contributed by atoms with Crippen LogP contribution in [-0.4, -0.2) is 16.3 Å². The fraction of sp³-hybridized carbons (Fsp3) is 0.455. The fourth-order valence-electron chi connectivity index (χ4n) is 2.25. The van der Waals surface area contributed by atoms with Crippen molar-refractivity contribution in [2.24, 2.45) is 0 Å². The third-order valence-corrected chi connectivity index (χ3v) is 2.72. The van der Waals surface area contributed by atoms with Gasteiger partial charge in [0, 0.05) is 23.7 Å². The molecule has 0 aromatic heterocycles. The van der Waals surface area contributed by atoms with Gasteiger partial charge in [-0.3, -0.25) is 0 Å². The van der Waals surface area contributed by atoms with Crippen LogP contribution in [0.4, 0.5) is 0 Å². The van der Waals surface area contributed by atoms with Crippen molar-refractivity contribution in [1.29, 1.82) is 0 Å². The molecule has 0 aliphatic carbocycles. The second-order valence-electron chi connectivity index (χ2n) is 4.03. The standard InChI is InChI=1S/C11H15NO2/c1-6-3-8-4-9(13)5-10(14)11(8)7(2)12-6/h4-7,12-14H,3H2,1-2H3. The van der Waals surface area contributed by atoms with E-state index in [2.05, 4.69) is 12.2 Å². The topological polar surface area (TPSA) is 52.5 Å². The van der Waals surface area contributed by atoms with E-state index in [0.29, 0.717) is 6.04 Å². The molecule has 14 heavy (non-hydrogen) atoms. The number of rotatable bonds is 0. The fourth-order valence-corrected chi connectivity index (χ4v) is 2.25. The third kappa shape index (κ3) is 1.44. The van der Waals surface area contributed by atoms with Crippen LogP contribution in [0.3, 0.4) is 0 Å². The Bertz CT molecular complexity index is 363. The molecule has 0 saturated carbocycles. The van der Waals surface area contributed by atoms with Crippen LogP contribution in [-0.2, 0) is 6.42 Å². The van der Waals surface area contributed by atoms with Gasteiger partial charge in [-0.2, -0.15) is 0 Å². The van der Waals surface area contributed by atoms with E-state index in [0.717, 1.165) is 17.5 Å². The first kappa shape index (κ1) is 9.34. The highest BCUT2D eigenvalue weighted by Crippen LogP contribution is 2.35. The lowest BCUT2D eigenvalue weighted by atomic mass is 9.90. The van der Waals surface area contributed by atoms with Gasteiger partial charge in [0.2, 0.25) is 0 Å². The minimum Gasteiger partial charge on any atom is -0.508 e. The maximum absolute atomic E-state index is 9.69. The normalized spacial score (nSPS) is 25.9. The Morgan fingerprint density at radius 3 is 2.71 bits per heavy atom. The first-order chi connectivity index (χ1) is 6.58. The summed E-state index contributed by atoms with van der Waals surface area (Å²) < 4.78 is 0. The molecule has 1 aliphatic rings. The van der Waals surface area contributed by atoms with Crippen LogP contribution in [0.5, 0.6) is 11.5 Å². The van der Waals surface area contributed by atoms with Gasteiger partial charge in [-0.25, -0.2) is 0 Å². The van der Waals surface area contributed by atoms with E-state index < -0.39 is 0 Å². The highest BCUT2D eigenvalue weighted by atomic mass is 16.3. The molecule has 76 valence electrons. The van der Waals surface area contributed by atoms with Crippen molar-refractivity contribution in [2.45, 2.75) is 32.4 Å². The molecule has 3 N–H and O–H groups in total. The molecule has 1 aromatic carbocycles. The minimum atomic E-state index is 0.141. The van der Waals surface area contributed by atoms with Crippen molar-refractivity contribution in [2.75, 3.05) is 0 Å². The van der Waals surface area contributed by atoms with E-state index in [1.165, 1.54) is 6.07 Å². The molecule has 0 spiro atoms. The van der Waals surface area contributed by atoms with E-state index in [1.807, 2.05) is 6.92 Å². The van der Waals surface area contributed by atoms with Crippen molar-refractivity contribution in [3.8, 4) is 11.5 Å². The van der Waals surface area contributed by atoms with Gasteiger partial charge in [0.15, 0.2) is 0 Å². The van der Waals surface area contributed by atoms with E-state index in [-0.39, 0.29) is 17.5 Å². The zero-order valence-corrected chi connectivity index (χ0v) is 8.41. The van der Waals surface area contributed by atoms with Crippen molar-refractivity contribution in [3.05, 3.63) is 23.3 Å². The number of fused-ring (bicyclic) bond motifs is 1. The average Bonchev–Trinajstić information content (AvgIpc) is 1.99. The van der Waals surface area contributed by atoms with E-state index >= 15 is 0 Å². The smallest absolute Gasteiger partial charge is 0.124 e. The Balaban J connectivity index is 2.53. The van der Waals surface area contributed by atoms with Crippen LogP contribution >= 0.6 is 0 Å². The van der Waals surface area contributed by atoms with Crippen molar-refractivity contribution in [1.82, 2.24) is 5.32 Å². The van der Waals surface area contributed by atoms with Crippen LogP contribution in [0.25, 0.3) is 0 Å². The summed E-state index contributed by atoms with van der Waals surface area (Å²) >= 11 is 0. The van der Waals surface area contributed by atoms with Crippen LogP contribution in [0.2, 0.25) is 0 Å². The Labute approximate surface area is 83.4 Å². The number of nitrogens with one attached hydrogen (secondary N) is 1. The van der Waals surface area contributed by atoms with Crippen LogP contribution in [0.1, 0.15) is 31.0 Å². The Kier molecular flexibility index (Phi) is 2.11. The van der Waals surface area contributed by atoms with Gasteiger partial charge in [-0.1, -0.05) is 0 Å². The zero-order valence-electron chi connectivity index (χ0n) is 8.41. The number of phenolic OH excluding ortho intramolecular Hbond substituents is 2. The summed E-state index contributed by atoms with van der Waals surface area (Å²) in [5.41, 5.74) is 1.96. The molecule has 0 amide bonds. The zero-order chi connectivity index (χ0) is 10.3. The number of hydrogen-bond acceptors (Lipinski definition) is 3. The van der Waals surface area contributed by atoms with Crippen LogP contribution < -0.4 is 5.32 Å². The molecule has 0 bridgehead atoms. The molecular weight excluding hydrogens is 178 g/mol. The van der Waals surface area contributed by atoms with Gasteiger partial charge in [0.05, 0.1) is 0 Å². The summed E-state index contributed by atoms with van der Waals surface area (Å²) in [5.74, 6) is 0.328.